The zero-order valence-electron chi connectivity index (χ0n) is 9.00. The molecule has 2 rings (SSSR count). The van der Waals surface area contributed by atoms with E-state index in [2.05, 4.69) is 18.8 Å². The molecule has 0 fully saturated rings. The fourth-order valence-electron chi connectivity index (χ4n) is 1.71. The summed E-state index contributed by atoms with van der Waals surface area (Å²) in [5.74, 6) is 0.606. The topological polar surface area (TPSA) is 12.9 Å². The van der Waals surface area contributed by atoms with E-state index < -0.39 is 0 Å². The van der Waals surface area contributed by atoms with Gasteiger partial charge in [-0.3, -0.25) is 4.98 Å². The Hall–Kier alpha value is -1.08. The van der Waals surface area contributed by atoms with Gasteiger partial charge in [-0.2, -0.15) is 0 Å². The summed E-state index contributed by atoms with van der Waals surface area (Å²) >= 11 is 6.21. The number of benzene rings is 1. The van der Waals surface area contributed by atoms with Crippen molar-refractivity contribution in [2.24, 2.45) is 5.92 Å². The number of para-hydroxylation sites is 1. The molecule has 0 atom stereocenters. The van der Waals surface area contributed by atoms with Gasteiger partial charge in [0, 0.05) is 11.1 Å². The van der Waals surface area contributed by atoms with Crippen molar-refractivity contribution in [3.8, 4) is 0 Å². The minimum Gasteiger partial charge on any atom is -0.253 e. The molecule has 0 aliphatic heterocycles. The van der Waals surface area contributed by atoms with Crippen LogP contribution in [-0.2, 0) is 6.42 Å². The lowest BCUT2D eigenvalue weighted by atomic mass is 10.1. The summed E-state index contributed by atoms with van der Waals surface area (Å²) in [5, 5.41) is 1.84. The largest absolute Gasteiger partial charge is 0.253 e. The van der Waals surface area contributed by atoms with Gasteiger partial charge in [-0.15, -0.1) is 0 Å². The Morgan fingerprint density at radius 1 is 1.27 bits per heavy atom. The minimum absolute atomic E-state index is 0.606. The summed E-state index contributed by atoms with van der Waals surface area (Å²) in [7, 11) is 0. The molecule has 0 spiro atoms. The van der Waals surface area contributed by atoms with Crippen LogP contribution in [0.15, 0.2) is 30.3 Å². The molecule has 1 heterocycles. The molecule has 2 heteroatoms. The van der Waals surface area contributed by atoms with Crippen LogP contribution in [-0.4, -0.2) is 4.98 Å². The molecular weight excluding hydrogens is 206 g/mol. The number of rotatable bonds is 2. The average molecular weight is 220 g/mol. The van der Waals surface area contributed by atoms with Crippen molar-refractivity contribution < 1.29 is 0 Å². The van der Waals surface area contributed by atoms with Crippen LogP contribution in [0.4, 0.5) is 0 Å². The Morgan fingerprint density at radius 2 is 2.00 bits per heavy atom. The van der Waals surface area contributed by atoms with Gasteiger partial charge >= 0.3 is 0 Å². The second-order valence-electron chi connectivity index (χ2n) is 4.21. The monoisotopic (exact) mass is 219 g/mol. The maximum absolute atomic E-state index is 6.21. The van der Waals surface area contributed by atoms with Gasteiger partial charge in [0.1, 0.15) is 0 Å². The van der Waals surface area contributed by atoms with Gasteiger partial charge in [-0.25, -0.2) is 0 Å². The van der Waals surface area contributed by atoms with Crippen LogP contribution < -0.4 is 0 Å². The smallest absolute Gasteiger partial charge is 0.0720 e. The van der Waals surface area contributed by atoms with E-state index in [9.17, 15) is 0 Å². The number of nitrogens with zero attached hydrogens (tertiary/aromatic N) is 1. The molecule has 0 N–H and O–H groups in total. The first-order valence-electron chi connectivity index (χ1n) is 5.21. The predicted octanol–water partition coefficient (Wildman–Crippen LogP) is 4.09. The molecule has 0 unspecified atom stereocenters. The van der Waals surface area contributed by atoms with Crippen LogP contribution in [0.25, 0.3) is 10.9 Å². The summed E-state index contributed by atoms with van der Waals surface area (Å²) in [6.45, 7) is 4.37. The molecule has 2 aromatic rings. The highest BCUT2D eigenvalue weighted by molar-refractivity contribution is 6.35. The lowest BCUT2D eigenvalue weighted by Crippen LogP contribution is -1.97. The Kier molecular flexibility index (Phi) is 2.92. The number of pyridine rings is 1. The number of halogens is 1. The molecule has 0 amide bonds. The first kappa shape index (κ1) is 10.4. The first-order valence-corrected chi connectivity index (χ1v) is 5.59. The van der Waals surface area contributed by atoms with Crippen LogP contribution in [0.3, 0.4) is 0 Å². The Balaban J connectivity index is 2.52. The van der Waals surface area contributed by atoms with E-state index in [-0.39, 0.29) is 0 Å². The van der Waals surface area contributed by atoms with E-state index >= 15 is 0 Å². The highest BCUT2D eigenvalue weighted by Crippen LogP contribution is 2.23. The van der Waals surface area contributed by atoms with Crippen LogP contribution in [0, 0.1) is 5.92 Å². The van der Waals surface area contributed by atoms with Gasteiger partial charge in [-0.05, 0) is 24.5 Å². The number of hydrogen-bond acceptors (Lipinski definition) is 1. The van der Waals surface area contributed by atoms with E-state index in [0.717, 1.165) is 28.0 Å². The molecular formula is C13H14ClN. The molecule has 0 radical (unpaired) electrons. The van der Waals surface area contributed by atoms with Crippen molar-refractivity contribution in [3.63, 3.8) is 0 Å². The van der Waals surface area contributed by atoms with Crippen molar-refractivity contribution in [3.05, 3.63) is 41.0 Å². The van der Waals surface area contributed by atoms with Crippen molar-refractivity contribution in [2.45, 2.75) is 20.3 Å². The Bertz CT molecular complexity index is 477. The molecule has 0 bridgehead atoms. The summed E-state index contributed by atoms with van der Waals surface area (Å²) < 4.78 is 0. The highest BCUT2D eigenvalue weighted by atomic mass is 35.5. The average Bonchev–Trinajstić information content (AvgIpc) is 2.16. The Morgan fingerprint density at radius 3 is 2.73 bits per heavy atom. The van der Waals surface area contributed by atoms with Gasteiger partial charge in [0.2, 0.25) is 0 Å². The predicted molar refractivity (Wildman–Crippen MR) is 65.3 cm³/mol. The highest BCUT2D eigenvalue weighted by Gasteiger charge is 2.04. The summed E-state index contributed by atoms with van der Waals surface area (Å²) in [6, 6.07) is 9.96. The third-order valence-electron chi connectivity index (χ3n) is 2.34. The molecule has 78 valence electrons. The van der Waals surface area contributed by atoms with Crippen molar-refractivity contribution in [1.29, 1.82) is 0 Å². The fourth-order valence-corrected chi connectivity index (χ4v) is 1.99. The Labute approximate surface area is 95.1 Å². The zero-order chi connectivity index (χ0) is 10.8. The van der Waals surface area contributed by atoms with E-state index in [1.54, 1.807) is 0 Å². The summed E-state index contributed by atoms with van der Waals surface area (Å²) in [5.41, 5.74) is 2.06. The molecule has 0 saturated carbocycles. The molecule has 0 saturated heterocycles. The molecule has 0 aliphatic carbocycles. The third kappa shape index (κ3) is 2.29. The van der Waals surface area contributed by atoms with E-state index in [1.165, 1.54) is 0 Å². The van der Waals surface area contributed by atoms with Crippen molar-refractivity contribution in [2.75, 3.05) is 0 Å². The fraction of sp³-hybridized carbons (Fsp3) is 0.308. The van der Waals surface area contributed by atoms with Crippen molar-refractivity contribution in [1.82, 2.24) is 4.98 Å². The number of fused-ring (bicyclic) bond motifs is 1. The number of aromatic nitrogens is 1. The second-order valence-corrected chi connectivity index (χ2v) is 4.62. The van der Waals surface area contributed by atoms with Gasteiger partial charge < -0.3 is 0 Å². The first-order chi connectivity index (χ1) is 7.16. The molecule has 1 nitrogen and oxygen atoms in total. The molecule has 1 aromatic heterocycles. The lowest BCUT2D eigenvalue weighted by Gasteiger charge is -2.07. The van der Waals surface area contributed by atoms with E-state index in [4.69, 9.17) is 11.6 Å². The maximum atomic E-state index is 6.21. The van der Waals surface area contributed by atoms with Crippen LogP contribution >= 0.6 is 11.6 Å². The normalized spacial score (nSPS) is 11.2. The molecule has 15 heavy (non-hydrogen) atoms. The zero-order valence-corrected chi connectivity index (χ0v) is 9.75. The van der Waals surface area contributed by atoms with E-state index in [0.29, 0.717) is 5.92 Å². The van der Waals surface area contributed by atoms with Gasteiger partial charge in [0.15, 0.2) is 0 Å². The standard InChI is InChI=1S/C13H14ClN/c1-9(2)7-10-8-12(14)11-5-3-4-6-13(11)15-10/h3-6,8-9H,7H2,1-2H3. The van der Waals surface area contributed by atoms with Crippen LogP contribution in [0.5, 0.6) is 0 Å². The van der Waals surface area contributed by atoms with E-state index in [1.807, 2.05) is 30.3 Å². The number of hydrogen-bond donors (Lipinski definition) is 0. The summed E-state index contributed by atoms with van der Waals surface area (Å²) in [4.78, 5) is 4.59. The quantitative estimate of drug-likeness (QED) is 0.742. The van der Waals surface area contributed by atoms with Gasteiger partial charge in [0.05, 0.1) is 10.5 Å². The SMILES string of the molecule is CC(C)Cc1cc(Cl)c2ccccc2n1. The van der Waals surface area contributed by atoms with Crippen LogP contribution in [0.1, 0.15) is 19.5 Å². The van der Waals surface area contributed by atoms with Crippen molar-refractivity contribution >= 4 is 22.5 Å². The van der Waals surface area contributed by atoms with Gasteiger partial charge in [-0.1, -0.05) is 43.6 Å². The van der Waals surface area contributed by atoms with Gasteiger partial charge in [0.25, 0.3) is 0 Å². The second kappa shape index (κ2) is 4.19. The molecule has 1 aromatic carbocycles. The van der Waals surface area contributed by atoms with Crippen LogP contribution in [0.2, 0.25) is 5.02 Å². The molecule has 0 aliphatic rings. The summed E-state index contributed by atoms with van der Waals surface area (Å²) in [6.07, 6.45) is 0.977. The maximum Gasteiger partial charge on any atom is 0.0720 e. The minimum atomic E-state index is 0.606. The lowest BCUT2D eigenvalue weighted by molar-refractivity contribution is 0.637. The third-order valence-corrected chi connectivity index (χ3v) is 2.65.